The summed E-state index contributed by atoms with van der Waals surface area (Å²) in [5, 5.41) is 0. The van der Waals surface area contributed by atoms with E-state index in [1.165, 1.54) is 13.8 Å². The lowest BCUT2D eigenvalue weighted by Gasteiger charge is -2.22. The van der Waals surface area contributed by atoms with Crippen LogP contribution in [-0.2, 0) is 23.7 Å². The third-order valence-electron chi connectivity index (χ3n) is 2.03. The number of hydrogen-bond acceptors (Lipinski definition) is 6. The fourth-order valence-electron chi connectivity index (χ4n) is 1.35. The molecular weight excluding hydrogens is 216 g/mol. The van der Waals surface area contributed by atoms with Crippen molar-refractivity contribution in [2.45, 2.75) is 39.1 Å². The second kappa shape index (κ2) is 6.32. The van der Waals surface area contributed by atoms with E-state index in [0.717, 1.165) is 0 Å². The number of ether oxygens (including phenoxy) is 4. The van der Waals surface area contributed by atoms with Gasteiger partial charge in [0.15, 0.2) is 0 Å². The van der Waals surface area contributed by atoms with Gasteiger partial charge in [0.1, 0.15) is 6.10 Å². The Balaban J connectivity index is 2.21. The molecule has 0 aromatic heterocycles. The van der Waals surface area contributed by atoms with Gasteiger partial charge in [0.2, 0.25) is 6.29 Å². The molecule has 0 radical (unpaired) electrons. The maximum Gasteiger partial charge on any atom is 0.511 e. The van der Waals surface area contributed by atoms with Crippen LogP contribution in [0.3, 0.4) is 0 Å². The molecule has 6 heteroatoms. The van der Waals surface area contributed by atoms with Crippen LogP contribution in [0.1, 0.15) is 26.7 Å². The molecule has 0 saturated carbocycles. The highest BCUT2D eigenvalue weighted by Gasteiger charge is 2.20. The molecule has 1 atom stereocenters. The van der Waals surface area contributed by atoms with Gasteiger partial charge in [-0.25, -0.2) is 4.79 Å². The van der Waals surface area contributed by atoms with E-state index in [4.69, 9.17) is 14.2 Å². The lowest BCUT2D eigenvalue weighted by Crippen LogP contribution is -2.29. The zero-order valence-electron chi connectivity index (χ0n) is 9.43. The summed E-state index contributed by atoms with van der Waals surface area (Å²) in [6.07, 6.45) is -0.593. The summed E-state index contributed by atoms with van der Waals surface area (Å²) in [5.74, 6) is -0.508. The summed E-state index contributed by atoms with van der Waals surface area (Å²) in [6.45, 7) is 3.85. The average Bonchev–Trinajstić information content (AvgIpc) is 2.17. The lowest BCUT2D eigenvalue weighted by molar-refractivity contribution is -0.166. The number of hydrogen-bond donors (Lipinski definition) is 0. The minimum absolute atomic E-state index is 0.175. The minimum Gasteiger partial charge on any atom is -0.431 e. The molecule has 0 bridgehead atoms. The Bertz CT molecular complexity index is 246. The third-order valence-corrected chi connectivity index (χ3v) is 2.03. The van der Waals surface area contributed by atoms with E-state index >= 15 is 0 Å². The van der Waals surface area contributed by atoms with Gasteiger partial charge in [-0.3, -0.25) is 4.79 Å². The Hall–Kier alpha value is -1.30. The first kappa shape index (κ1) is 12.8. The van der Waals surface area contributed by atoms with E-state index in [2.05, 4.69) is 4.74 Å². The minimum atomic E-state index is -0.926. The Morgan fingerprint density at radius 1 is 1.25 bits per heavy atom. The summed E-state index contributed by atoms with van der Waals surface area (Å²) in [7, 11) is 0. The highest BCUT2D eigenvalue weighted by atomic mass is 16.8. The molecule has 6 nitrogen and oxygen atoms in total. The molecule has 1 saturated heterocycles. The smallest absolute Gasteiger partial charge is 0.431 e. The van der Waals surface area contributed by atoms with Crippen molar-refractivity contribution in [3.05, 3.63) is 0 Å². The van der Waals surface area contributed by atoms with Gasteiger partial charge in [-0.15, -0.1) is 0 Å². The topological polar surface area (TPSA) is 71.1 Å². The average molecular weight is 232 g/mol. The summed E-state index contributed by atoms with van der Waals surface area (Å²) < 4.78 is 19.5. The van der Waals surface area contributed by atoms with Gasteiger partial charge in [0.05, 0.1) is 13.2 Å². The SMILES string of the molecule is CC(=O)OC(C)OC(=O)OC1CCOCC1. The number of carbonyl (C=O) groups is 2. The molecule has 1 unspecified atom stereocenters. The van der Waals surface area contributed by atoms with Crippen LogP contribution in [-0.4, -0.2) is 37.7 Å². The van der Waals surface area contributed by atoms with Crippen LogP contribution < -0.4 is 0 Å². The molecular formula is C10H16O6. The van der Waals surface area contributed by atoms with Crippen LogP contribution in [0.4, 0.5) is 4.79 Å². The first-order chi connectivity index (χ1) is 7.58. The van der Waals surface area contributed by atoms with Gasteiger partial charge < -0.3 is 18.9 Å². The Morgan fingerprint density at radius 3 is 2.44 bits per heavy atom. The van der Waals surface area contributed by atoms with Crippen LogP contribution in [0.25, 0.3) is 0 Å². The zero-order chi connectivity index (χ0) is 12.0. The number of esters is 1. The van der Waals surface area contributed by atoms with E-state index in [9.17, 15) is 9.59 Å². The van der Waals surface area contributed by atoms with Gasteiger partial charge >= 0.3 is 12.1 Å². The molecule has 1 aliphatic heterocycles. The molecule has 92 valence electrons. The molecule has 0 amide bonds. The van der Waals surface area contributed by atoms with Crippen molar-refractivity contribution in [1.29, 1.82) is 0 Å². The van der Waals surface area contributed by atoms with Crippen molar-refractivity contribution in [3.8, 4) is 0 Å². The molecule has 16 heavy (non-hydrogen) atoms. The van der Waals surface area contributed by atoms with Gasteiger partial charge in [-0.05, 0) is 0 Å². The second-order valence-corrected chi connectivity index (χ2v) is 3.47. The molecule has 0 aliphatic carbocycles. The predicted molar refractivity (Wildman–Crippen MR) is 52.6 cm³/mol. The Kier molecular flexibility index (Phi) is 5.04. The highest BCUT2D eigenvalue weighted by Crippen LogP contribution is 2.12. The number of rotatable bonds is 3. The van der Waals surface area contributed by atoms with Gasteiger partial charge in [0, 0.05) is 26.7 Å². The monoisotopic (exact) mass is 232 g/mol. The normalized spacial score (nSPS) is 18.6. The van der Waals surface area contributed by atoms with E-state index < -0.39 is 18.4 Å². The first-order valence-corrected chi connectivity index (χ1v) is 5.20. The quantitative estimate of drug-likeness (QED) is 0.538. The van der Waals surface area contributed by atoms with Crippen molar-refractivity contribution < 1.29 is 28.5 Å². The Labute approximate surface area is 93.8 Å². The lowest BCUT2D eigenvalue weighted by atomic mass is 10.2. The van der Waals surface area contributed by atoms with E-state index in [1.807, 2.05) is 0 Å². The van der Waals surface area contributed by atoms with Crippen LogP contribution >= 0.6 is 0 Å². The van der Waals surface area contributed by atoms with Crippen molar-refractivity contribution >= 4 is 12.1 Å². The third kappa shape index (κ3) is 4.97. The molecule has 1 heterocycles. The van der Waals surface area contributed by atoms with Crippen molar-refractivity contribution in [2.24, 2.45) is 0 Å². The van der Waals surface area contributed by atoms with Crippen molar-refractivity contribution in [1.82, 2.24) is 0 Å². The predicted octanol–water partition coefficient (Wildman–Crippen LogP) is 1.23. The van der Waals surface area contributed by atoms with E-state index in [-0.39, 0.29) is 6.10 Å². The zero-order valence-corrected chi connectivity index (χ0v) is 9.43. The summed E-state index contributed by atoms with van der Waals surface area (Å²) in [5.41, 5.74) is 0. The molecule has 0 N–H and O–H groups in total. The molecule has 0 aromatic carbocycles. The van der Waals surface area contributed by atoms with Crippen LogP contribution in [0.2, 0.25) is 0 Å². The fourth-order valence-corrected chi connectivity index (χ4v) is 1.35. The summed E-state index contributed by atoms with van der Waals surface area (Å²) in [6, 6.07) is 0. The molecule has 0 spiro atoms. The molecule has 1 fully saturated rings. The molecule has 1 aliphatic rings. The second-order valence-electron chi connectivity index (χ2n) is 3.47. The maximum absolute atomic E-state index is 11.2. The standard InChI is InChI=1S/C10H16O6/c1-7(11)14-8(2)15-10(12)16-9-3-5-13-6-4-9/h8-9H,3-6H2,1-2H3. The highest BCUT2D eigenvalue weighted by molar-refractivity contribution is 5.66. The van der Waals surface area contributed by atoms with Crippen LogP contribution in [0, 0.1) is 0 Å². The summed E-state index contributed by atoms with van der Waals surface area (Å²) >= 11 is 0. The van der Waals surface area contributed by atoms with E-state index in [1.54, 1.807) is 0 Å². The van der Waals surface area contributed by atoms with Gasteiger partial charge in [0.25, 0.3) is 0 Å². The van der Waals surface area contributed by atoms with Gasteiger partial charge in [-0.2, -0.15) is 0 Å². The van der Waals surface area contributed by atoms with Gasteiger partial charge in [-0.1, -0.05) is 0 Å². The first-order valence-electron chi connectivity index (χ1n) is 5.20. The largest absolute Gasteiger partial charge is 0.511 e. The fraction of sp³-hybridized carbons (Fsp3) is 0.800. The van der Waals surface area contributed by atoms with Crippen LogP contribution in [0.15, 0.2) is 0 Å². The molecule has 0 aromatic rings. The Morgan fingerprint density at radius 2 is 1.88 bits per heavy atom. The van der Waals surface area contributed by atoms with E-state index in [0.29, 0.717) is 26.1 Å². The summed E-state index contributed by atoms with van der Waals surface area (Å²) in [4.78, 5) is 21.8. The van der Waals surface area contributed by atoms with Crippen molar-refractivity contribution in [2.75, 3.05) is 13.2 Å². The molecule has 1 rings (SSSR count). The van der Waals surface area contributed by atoms with Crippen LogP contribution in [0.5, 0.6) is 0 Å². The van der Waals surface area contributed by atoms with Crippen molar-refractivity contribution in [3.63, 3.8) is 0 Å². The number of carbonyl (C=O) groups excluding carboxylic acids is 2. The maximum atomic E-state index is 11.2.